The van der Waals surface area contributed by atoms with Crippen LogP contribution in [0.2, 0.25) is 0 Å². The molecule has 26 heavy (non-hydrogen) atoms. The number of carbonyl (C=O) groups excluding carboxylic acids is 3. The molecule has 0 aromatic heterocycles. The van der Waals surface area contributed by atoms with Crippen molar-refractivity contribution in [2.45, 2.75) is 12.0 Å². The predicted octanol–water partition coefficient (Wildman–Crippen LogP) is 2.43. The number of nitrogens with zero attached hydrogens (tertiary/aromatic N) is 1. The molecule has 2 aromatic carbocycles. The van der Waals surface area contributed by atoms with Gasteiger partial charge in [0.25, 0.3) is 5.91 Å². The summed E-state index contributed by atoms with van der Waals surface area (Å²) in [7, 11) is 1.22. The lowest BCUT2D eigenvalue weighted by Gasteiger charge is -2.22. The quantitative estimate of drug-likeness (QED) is 0.596. The molecule has 134 valence electrons. The molecule has 0 unspecified atom stereocenters. The summed E-state index contributed by atoms with van der Waals surface area (Å²) >= 11 is 3.31. The maximum atomic E-state index is 12.9. The minimum absolute atomic E-state index is 0.282. The van der Waals surface area contributed by atoms with Crippen molar-refractivity contribution in [2.24, 2.45) is 0 Å². The Balaban J connectivity index is 2.01. The summed E-state index contributed by atoms with van der Waals surface area (Å²) in [5.74, 6) is -1.71. The Bertz CT molecular complexity index is 883. The summed E-state index contributed by atoms with van der Waals surface area (Å²) in [6.07, 6.45) is -0.420. The zero-order valence-electron chi connectivity index (χ0n) is 13.9. The first-order valence-corrected chi connectivity index (χ1v) is 8.65. The van der Waals surface area contributed by atoms with Crippen LogP contribution in [0.25, 0.3) is 0 Å². The number of methoxy groups -OCH3 is 1. The number of anilines is 1. The molecule has 0 bridgehead atoms. The summed E-state index contributed by atoms with van der Waals surface area (Å²) in [5, 5.41) is 11.1. The number of halogens is 1. The van der Waals surface area contributed by atoms with Gasteiger partial charge in [-0.15, -0.1) is 0 Å². The van der Waals surface area contributed by atoms with E-state index in [1.165, 1.54) is 7.11 Å². The topological polar surface area (TPSA) is 83.9 Å². The van der Waals surface area contributed by atoms with Gasteiger partial charge in [-0.25, -0.2) is 0 Å². The molecular formula is C19H16BrNO5. The van der Waals surface area contributed by atoms with Crippen molar-refractivity contribution in [1.82, 2.24) is 0 Å². The third kappa shape index (κ3) is 3.15. The zero-order chi connectivity index (χ0) is 18.9. The van der Waals surface area contributed by atoms with Gasteiger partial charge in [0.15, 0.2) is 11.4 Å². The van der Waals surface area contributed by atoms with E-state index in [1.807, 2.05) is 0 Å². The standard InChI is InChI=1S/C19H16BrNO5/c1-26-17(23)11-21-15-8-7-13(20)9-14(15)19(25,18(21)24)10-16(22)12-5-3-2-4-6-12/h2-9,25H,10-11H2,1H3/t19-/m0/s1. The van der Waals surface area contributed by atoms with Gasteiger partial charge in [0.1, 0.15) is 6.54 Å². The molecule has 2 aromatic rings. The third-order valence-corrected chi connectivity index (χ3v) is 4.81. The van der Waals surface area contributed by atoms with E-state index in [9.17, 15) is 19.5 Å². The van der Waals surface area contributed by atoms with Crippen LogP contribution in [-0.4, -0.2) is 36.4 Å². The number of Topliss-reactive ketones (excluding diaryl/α,β-unsaturated/α-hetero) is 1. The highest BCUT2D eigenvalue weighted by molar-refractivity contribution is 9.10. The maximum absolute atomic E-state index is 12.9. The van der Waals surface area contributed by atoms with Crippen molar-refractivity contribution in [3.05, 3.63) is 64.1 Å². The highest BCUT2D eigenvalue weighted by Crippen LogP contribution is 2.44. The number of esters is 1. The first-order chi connectivity index (χ1) is 12.4. The van der Waals surface area contributed by atoms with Gasteiger partial charge in [-0.1, -0.05) is 46.3 Å². The molecule has 1 atom stereocenters. The molecule has 7 heteroatoms. The number of aliphatic hydroxyl groups is 1. The van der Waals surface area contributed by atoms with Crippen LogP contribution < -0.4 is 4.90 Å². The molecule has 0 radical (unpaired) electrons. The van der Waals surface area contributed by atoms with Crippen LogP contribution in [0.3, 0.4) is 0 Å². The molecule has 1 aliphatic heterocycles. The summed E-state index contributed by atoms with van der Waals surface area (Å²) in [4.78, 5) is 38.3. The second-order valence-corrected chi connectivity index (χ2v) is 6.87. The Morgan fingerprint density at radius 1 is 1.19 bits per heavy atom. The Labute approximate surface area is 158 Å². The predicted molar refractivity (Wildman–Crippen MR) is 97.8 cm³/mol. The second kappa shape index (κ2) is 7.01. The van der Waals surface area contributed by atoms with E-state index >= 15 is 0 Å². The number of ketones is 1. The number of amides is 1. The van der Waals surface area contributed by atoms with E-state index in [2.05, 4.69) is 20.7 Å². The van der Waals surface area contributed by atoms with Crippen molar-refractivity contribution in [3.8, 4) is 0 Å². The van der Waals surface area contributed by atoms with Crippen LogP contribution >= 0.6 is 15.9 Å². The third-order valence-electron chi connectivity index (χ3n) is 4.32. The van der Waals surface area contributed by atoms with Crippen LogP contribution in [0, 0.1) is 0 Å². The van der Waals surface area contributed by atoms with Crippen molar-refractivity contribution in [1.29, 1.82) is 0 Å². The Hall–Kier alpha value is -2.51. The van der Waals surface area contributed by atoms with Crippen LogP contribution in [0.4, 0.5) is 5.69 Å². The Kier molecular flexibility index (Phi) is 4.93. The fraction of sp³-hybridized carbons (Fsp3) is 0.211. The minimum Gasteiger partial charge on any atom is -0.468 e. The van der Waals surface area contributed by atoms with E-state index < -0.39 is 23.9 Å². The van der Waals surface area contributed by atoms with Gasteiger partial charge in [0.05, 0.1) is 19.2 Å². The van der Waals surface area contributed by atoms with Crippen LogP contribution in [0.15, 0.2) is 53.0 Å². The molecule has 0 fully saturated rings. The van der Waals surface area contributed by atoms with Crippen molar-refractivity contribution < 1.29 is 24.2 Å². The molecule has 0 spiro atoms. The van der Waals surface area contributed by atoms with E-state index in [-0.39, 0.29) is 17.9 Å². The second-order valence-electron chi connectivity index (χ2n) is 5.96. The lowest BCUT2D eigenvalue weighted by molar-refractivity contribution is -0.142. The molecule has 6 nitrogen and oxygen atoms in total. The summed E-state index contributed by atoms with van der Waals surface area (Å²) < 4.78 is 5.27. The Morgan fingerprint density at radius 3 is 2.54 bits per heavy atom. The lowest BCUT2D eigenvalue weighted by atomic mass is 9.88. The number of carbonyl (C=O) groups is 3. The van der Waals surface area contributed by atoms with Gasteiger partial charge >= 0.3 is 5.97 Å². The highest BCUT2D eigenvalue weighted by Gasteiger charge is 2.51. The molecule has 0 saturated heterocycles. The largest absolute Gasteiger partial charge is 0.468 e. The summed E-state index contributed by atoms with van der Waals surface area (Å²) in [6.45, 7) is -0.341. The number of hydrogen-bond donors (Lipinski definition) is 1. The molecule has 1 amide bonds. The molecule has 3 rings (SSSR count). The fourth-order valence-corrected chi connectivity index (χ4v) is 3.36. The van der Waals surface area contributed by atoms with E-state index in [0.29, 0.717) is 15.7 Å². The number of rotatable bonds is 5. The van der Waals surface area contributed by atoms with Crippen LogP contribution in [-0.2, 0) is 19.9 Å². The summed E-state index contributed by atoms with van der Waals surface area (Å²) in [5.41, 5.74) is -0.978. The van der Waals surface area contributed by atoms with Gasteiger partial charge in [-0.2, -0.15) is 0 Å². The van der Waals surface area contributed by atoms with Crippen molar-refractivity contribution >= 4 is 39.3 Å². The molecule has 0 aliphatic carbocycles. The average Bonchev–Trinajstić information content (AvgIpc) is 2.84. The number of fused-ring (bicyclic) bond motifs is 1. The number of hydrogen-bond acceptors (Lipinski definition) is 5. The van der Waals surface area contributed by atoms with Gasteiger partial charge in [-0.05, 0) is 18.2 Å². The van der Waals surface area contributed by atoms with Crippen molar-refractivity contribution in [3.63, 3.8) is 0 Å². The normalized spacial score (nSPS) is 18.6. The molecule has 1 heterocycles. The van der Waals surface area contributed by atoms with Gasteiger partial charge < -0.3 is 9.84 Å². The highest BCUT2D eigenvalue weighted by atomic mass is 79.9. The van der Waals surface area contributed by atoms with Crippen molar-refractivity contribution in [2.75, 3.05) is 18.6 Å². The molecule has 0 saturated carbocycles. The van der Waals surface area contributed by atoms with E-state index in [4.69, 9.17) is 0 Å². The number of benzene rings is 2. The first-order valence-electron chi connectivity index (χ1n) is 7.86. The lowest BCUT2D eigenvalue weighted by Crippen LogP contribution is -2.43. The molecule has 1 aliphatic rings. The molecule has 1 N–H and O–H groups in total. The van der Waals surface area contributed by atoms with Crippen LogP contribution in [0.1, 0.15) is 22.3 Å². The first kappa shape index (κ1) is 18.3. The van der Waals surface area contributed by atoms with Gasteiger partial charge in [0, 0.05) is 15.6 Å². The average molecular weight is 418 g/mol. The summed E-state index contributed by atoms with van der Waals surface area (Å²) in [6, 6.07) is 13.3. The van der Waals surface area contributed by atoms with Gasteiger partial charge in [-0.3, -0.25) is 19.3 Å². The zero-order valence-corrected chi connectivity index (χ0v) is 15.5. The maximum Gasteiger partial charge on any atom is 0.325 e. The van der Waals surface area contributed by atoms with Gasteiger partial charge in [0.2, 0.25) is 0 Å². The monoisotopic (exact) mass is 417 g/mol. The molecular weight excluding hydrogens is 402 g/mol. The number of ether oxygens (including phenoxy) is 1. The van der Waals surface area contributed by atoms with E-state index in [1.54, 1.807) is 48.5 Å². The Morgan fingerprint density at radius 2 is 1.88 bits per heavy atom. The fourth-order valence-electron chi connectivity index (χ4n) is 3.00. The van der Waals surface area contributed by atoms with E-state index in [0.717, 1.165) is 4.90 Å². The smallest absolute Gasteiger partial charge is 0.325 e. The SMILES string of the molecule is COC(=O)CN1C(=O)[C@](O)(CC(=O)c2ccccc2)c2cc(Br)ccc21. The van der Waals surface area contributed by atoms with Crippen LogP contribution in [0.5, 0.6) is 0 Å². The minimum atomic E-state index is -2.04.